The maximum atomic E-state index is 10.8. The average molecular weight is 304 g/mol. The molecule has 3 N–H and O–H groups in total. The van der Waals surface area contributed by atoms with Crippen LogP contribution in [-0.4, -0.2) is 11.7 Å². The number of aliphatic hydroxyl groups is 1. The third kappa shape index (κ3) is 3.46. The molecule has 2 rings (SSSR count). The fraction of sp³-hybridized carbons (Fsp3) is 0.333. The molecule has 0 fully saturated rings. The van der Waals surface area contributed by atoms with Gasteiger partial charge < -0.3 is 10.8 Å². The minimum absolute atomic E-state index is 0.138. The SMILES string of the molecule is Cc1ccc(C(CN)C(O)c2cc(Cl)ccc2C)cc1C. The largest absolute Gasteiger partial charge is 0.388 e. The van der Waals surface area contributed by atoms with Gasteiger partial charge in [0.1, 0.15) is 0 Å². The molecule has 0 radical (unpaired) electrons. The molecule has 2 aromatic carbocycles. The number of benzene rings is 2. The molecule has 0 spiro atoms. The lowest BCUT2D eigenvalue weighted by Gasteiger charge is -2.24. The molecule has 112 valence electrons. The van der Waals surface area contributed by atoms with E-state index < -0.39 is 6.10 Å². The molecule has 3 heteroatoms. The molecule has 0 saturated carbocycles. The highest BCUT2D eigenvalue weighted by Crippen LogP contribution is 2.33. The lowest BCUT2D eigenvalue weighted by atomic mass is 9.86. The summed E-state index contributed by atoms with van der Waals surface area (Å²) in [6, 6.07) is 11.8. The molecule has 0 aliphatic rings. The molecule has 2 unspecified atom stereocenters. The van der Waals surface area contributed by atoms with Crippen LogP contribution >= 0.6 is 11.6 Å². The third-order valence-corrected chi connectivity index (χ3v) is 4.39. The van der Waals surface area contributed by atoms with E-state index in [4.69, 9.17) is 17.3 Å². The quantitative estimate of drug-likeness (QED) is 0.895. The van der Waals surface area contributed by atoms with Crippen LogP contribution in [-0.2, 0) is 0 Å². The maximum absolute atomic E-state index is 10.8. The van der Waals surface area contributed by atoms with Gasteiger partial charge in [0.2, 0.25) is 0 Å². The molecule has 0 bridgehead atoms. The first-order valence-corrected chi connectivity index (χ1v) is 7.53. The smallest absolute Gasteiger partial charge is 0.0873 e. The summed E-state index contributed by atoms with van der Waals surface area (Å²) in [5.41, 5.74) is 11.3. The Morgan fingerprint density at radius 2 is 1.67 bits per heavy atom. The lowest BCUT2D eigenvalue weighted by molar-refractivity contribution is 0.147. The lowest BCUT2D eigenvalue weighted by Crippen LogP contribution is -2.21. The van der Waals surface area contributed by atoms with E-state index in [-0.39, 0.29) is 5.92 Å². The van der Waals surface area contributed by atoms with Crippen molar-refractivity contribution in [1.82, 2.24) is 0 Å². The van der Waals surface area contributed by atoms with Crippen LogP contribution in [0.15, 0.2) is 36.4 Å². The van der Waals surface area contributed by atoms with Gasteiger partial charge in [-0.1, -0.05) is 35.9 Å². The summed E-state index contributed by atoms with van der Waals surface area (Å²) < 4.78 is 0. The van der Waals surface area contributed by atoms with Crippen LogP contribution in [0.2, 0.25) is 5.02 Å². The molecule has 21 heavy (non-hydrogen) atoms. The Labute approximate surface area is 131 Å². The second-order valence-corrected chi connectivity index (χ2v) is 6.07. The van der Waals surface area contributed by atoms with Gasteiger partial charge in [-0.3, -0.25) is 0 Å². The van der Waals surface area contributed by atoms with Crippen LogP contribution in [0.25, 0.3) is 0 Å². The van der Waals surface area contributed by atoms with Crippen molar-refractivity contribution in [2.75, 3.05) is 6.54 Å². The number of hydrogen-bond acceptors (Lipinski definition) is 2. The predicted molar refractivity (Wildman–Crippen MR) is 88.9 cm³/mol. The summed E-state index contributed by atoms with van der Waals surface area (Å²) in [4.78, 5) is 0. The van der Waals surface area contributed by atoms with Gasteiger partial charge >= 0.3 is 0 Å². The molecule has 0 heterocycles. The Kier molecular flexibility index (Phi) is 5.04. The highest BCUT2D eigenvalue weighted by molar-refractivity contribution is 6.30. The van der Waals surface area contributed by atoms with Crippen LogP contribution < -0.4 is 5.73 Å². The molecule has 2 atom stereocenters. The van der Waals surface area contributed by atoms with Crippen molar-refractivity contribution in [1.29, 1.82) is 0 Å². The number of rotatable bonds is 4. The summed E-state index contributed by atoms with van der Waals surface area (Å²) in [7, 11) is 0. The van der Waals surface area contributed by atoms with Crippen LogP contribution in [0.4, 0.5) is 0 Å². The normalized spacial score (nSPS) is 14.0. The van der Waals surface area contributed by atoms with E-state index in [2.05, 4.69) is 26.0 Å². The van der Waals surface area contributed by atoms with Crippen LogP contribution in [0, 0.1) is 20.8 Å². The van der Waals surface area contributed by atoms with Crippen molar-refractivity contribution in [3.63, 3.8) is 0 Å². The van der Waals surface area contributed by atoms with E-state index in [1.54, 1.807) is 0 Å². The molecule has 0 aromatic heterocycles. The number of nitrogens with two attached hydrogens (primary N) is 1. The first-order valence-electron chi connectivity index (χ1n) is 7.15. The summed E-state index contributed by atoms with van der Waals surface area (Å²) in [6.07, 6.45) is -0.657. The Balaban J connectivity index is 2.40. The highest BCUT2D eigenvalue weighted by Gasteiger charge is 2.23. The Hall–Kier alpha value is -1.35. The van der Waals surface area contributed by atoms with E-state index in [1.165, 1.54) is 11.1 Å². The minimum atomic E-state index is -0.657. The van der Waals surface area contributed by atoms with Gasteiger partial charge in [0.05, 0.1) is 6.10 Å². The molecule has 0 aliphatic heterocycles. The highest BCUT2D eigenvalue weighted by atomic mass is 35.5. The standard InChI is InChI=1S/C18H22ClNO/c1-11-4-6-14(8-13(11)3)17(10-20)18(21)16-9-15(19)7-5-12(16)2/h4-9,17-18,21H,10,20H2,1-3H3. The monoisotopic (exact) mass is 303 g/mol. The number of aliphatic hydroxyl groups excluding tert-OH is 1. The van der Waals surface area contributed by atoms with E-state index in [1.807, 2.05) is 31.2 Å². The van der Waals surface area contributed by atoms with E-state index in [0.29, 0.717) is 11.6 Å². The zero-order chi connectivity index (χ0) is 15.6. The van der Waals surface area contributed by atoms with Crippen LogP contribution in [0.3, 0.4) is 0 Å². The summed E-state index contributed by atoms with van der Waals surface area (Å²) in [5, 5.41) is 11.4. The molecule has 0 aliphatic carbocycles. The predicted octanol–water partition coefficient (Wildman–Crippen LogP) is 4.04. The summed E-state index contributed by atoms with van der Waals surface area (Å²) >= 11 is 6.06. The van der Waals surface area contributed by atoms with Gasteiger partial charge in [0, 0.05) is 17.5 Å². The minimum Gasteiger partial charge on any atom is -0.388 e. The van der Waals surface area contributed by atoms with Gasteiger partial charge in [-0.25, -0.2) is 0 Å². The fourth-order valence-electron chi connectivity index (χ4n) is 2.59. The first-order chi connectivity index (χ1) is 9.93. The Morgan fingerprint density at radius 1 is 1.00 bits per heavy atom. The maximum Gasteiger partial charge on any atom is 0.0873 e. The average Bonchev–Trinajstić information content (AvgIpc) is 2.46. The Morgan fingerprint density at radius 3 is 2.29 bits per heavy atom. The van der Waals surface area contributed by atoms with Crippen molar-refractivity contribution >= 4 is 11.6 Å². The van der Waals surface area contributed by atoms with Gasteiger partial charge in [-0.15, -0.1) is 0 Å². The van der Waals surface area contributed by atoms with Crippen molar-refractivity contribution < 1.29 is 5.11 Å². The number of aryl methyl sites for hydroxylation is 3. The topological polar surface area (TPSA) is 46.2 Å². The molecule has 2 nitrogen and oxygen atoms in total. The van der Waals surface area contributed by atoms with Crippen molar-refractivity contribution in [3.05, 3.63) is 69.2 Å². The van der Waals surface area contributed by atoms with E-state index in [9.17, 15) is 5.11 Å². The van der Waals surface area contributed by atoms with Gasteiger partial charge in [-0.05, 0) is 60.7 Å². The summed E-state index contributed by atoms with van der Waals surface area (Å²) in [5.74, 6) is -0.138. The summed E-state index contributed by atoms with van der Waals surface area (Å²) in [6.45, 7) is 6.51. The number of hydrogen-bond donors (Lipinski definition) is 2. The molecule has 0 saturated heterocycles. The molecule has 2 aromatic rings. The number of halogens is 1. The van der Waals surface area contributed by atoms with Crippen molar-refractivity contribution in [2.24, 2.45) is 5.73 Å². The second kappa shape index (κ2) is 6.61. The van der Waals surface area contributed by atoms with E-state index >= 15 is 0 Å². The Bertz CT molecular complexity index is 639. The molecular weight excluding hydrogens is 282 g/mol. The molecule has 0 amide bonds. The van der Waals surface area contributed by atoms with Gasteiger partial charge in [-0.2, -0.15) is 0 Å². The van der Waals surface area contributed by atoms with Gasteiger partial charge in [0.25, 0.3) is 0 Å². The van der Waals surface area contributed by atoms with Gasteiger partial charge in [0.15, 0.2) is 0 Å². The zero-order valence-electron chi connectivity index (χ0n) is 12.7. The fourth-order valence-corrected chi connectivity index (χ4v) is 2.77. The van der Waals surface area contributed by atoms with Crippen molar-refractivity contribution in [2.45, 2.75) is 32.8 Å². The van der Waals surface area contributed by atoms with E-state index in [0.717, 1.165) is 16.7 Å². The third-order valence-electron chi connectivity index (χ3n) is 4.15. The second-order valence-electron chi connectivity index (χ2n) is 5.63. The van der Waals surface area contributed by atoms with Crippen LogP contribution in [0.5, 0.6) is 0 Å². The zero-order valence-corrected chi connectivity index (χ0v) is 13.5. The van der Waals surface area contributed by atoms with Crippen molar-refractivity contribution in [3.8, 4) is 0 Å². The van der Waals surface area contributed by atoms with Crippen LogP contribution in [0.1, 0.15) is 39.8 Å². The molecular formula is C18H22ClNO. The first kappa shape index (κ1) is 16.0.